The minimum Gasteiger partial charge on any atom is -0.496 e. The Kier molecular flexibility index (Phi) is 5.98. The number of rotatable bonds is 6. The summed E-state index contributed by atoms with van der Waals surface area (Å²) in [7, 11) is 1.60. The number of nitro benzene ring substituents is 1. The summed E-state index contributed by atoms with van der Waals surface area (Å²) in [6.07, 6.45) is 0.657. The Labute approximate surface area is 150 Å². The molecule has 0 aromatic heterocycles. The molecule has 1 atom stereocenters. The molecule has 2 rings (SSSR count). The third kappa shape index (κ3) is 4.28. The van der Waals surface area contributed by atoms with Gasteiger partial charge in [0.2, 0.25) is 0 Å². The second kappa shape index (κ2) is 7.98. The van der Waals surface area contributed by atoms with Gasteiger partial charge in [-0.3, -0.25) is 14.9 Å². The summed E-state index contributed by atoms with van der Waals surface area (Å²) in [6.45, 7) is 3.87. The molecule has 0 bridgehead atoms. The molecule has 0 aliphatic rings. The van der Waals surface area contributed by atoms with E-state index in [1.165, 1.54) is 18.2 Å². The van der Waals surface area contributed by atoms with E-state index in [4.69, 9.17) is 16.3 Å². The highest BCUT2D eigenvalue weighted by Crippen LogP contribution is 2.26. The van der Waals surface area contributed by atoms with Gasteiger partial charge in [-0.2, -0.15) is 0 Å². The third-order valence-electron chi connectivity index (χ3n) is 3.94. The number of amides is 1. The maximum atomic E-state index is 12.5. The average molecular weight is 363 g/mol. The van der Waals surface area contributed by atoms with Gasteiger partial charge >= 0.3 is 0 Å². The molecule has 0 heterocycles. The van der Waals surface area contributed by atoms with E-state index in [2.05, 4.69) is 5.32 Å². The maximum Gasteiger partial charge on any atom is 0.270 e. The SMILES string of the molecule is CCC(NC(=O)c1cc([N+](=O)[O-])ccc1Cl)c1ccc(OC)c(C)c1. The predicted molar refractivity (Wildman–Crippen MR) is 96.3 cm³/mol. The van der Waals surface area contributed by atoms with E-state index >= 15 is 0 Å². The van der Waals surface area contributed by atoms with Crippen LogP contribution >= 0.6 is 11.6 Å². The Morgan fingerprint density at radius 2 is 2.04 bits per heavy atom. The molecule has 132 valence electrons. The highest BCUT2D eigenvalue weighted by Gasteiger charge is 2.19. The van der Waals surface area contributed by atoms with Crippen LogP contribution in [0.2, 0.25) is 5.02 Å². The van der Waals surface area contributed by atoms with Crippen molar-refractivity contribution in [2.24, 2.45) is 0 Å². The number of halogens is 1. The van der Waals surface area contributed by atoms with Gasteiger partial charge in [-0.15, -0.1) is 0 Å². The van der Waals surface area contributed by atoms with Gasteiger partial charge in [-0.1, -0.05) is 30.7 Å². The molecule has 0 aliphatic heterocycles. The molecular weight excluding hydrogens is 344 g/mol. The summed E-state index contributed by atoms with van der Waals surface area (Å²) in [4.78, 5) is 22.9. The summed E-state index contributed by atoms with van der Waals surface area (Å²) in [6, 6.07) is 9.24. The molecule has 1 N–H and O–H groups in total. The molecule has 2 aromatic rings. The molecule has 0 aliphatic carbocycles. The van der Waals surface area contributed by atoms with Crippen LogP contribution in [0.3, 0.4) is 0 Å². The number of hydrogen-bond acceptors (Lipinski definition) is 4. The zero-order valence-electron chi connectivity index (χ0n) is 14.2. The largest absolute Gasteiger partial charge is 0.496 e. The molecular formula is C18H19ClN2O4. The zero-order valence-corrected chi connectivity index (χ0v) is 15.0. The second-order valence-corrected chi connectivity index (χ2v) is 5.99. The van der Waals surface area contributed by atoms with Crippen molar-refractivity contribution in [2.75, 3.05) is 7.11 Å². The van der Waals surface area contributed by atoms with Crippen molar-refractivity contribution in [3.63, 3.8) is 0 Å². The van der Waals surface area contributed by atoms with Gasteiger partial charge in [0.25, 0.3) is 11.6 Å². The highest BCUT2D eigenvalue weighted by atomic mass is 35.5. The molecule has 0 radical (unpaired) electrons. The average Bonchev–Trinajstić information content (AvgIpc) is 2.59. The lowest BCUT2D eigenvalue weighted by atomic mass is 10.0. The quantitative estimate of drug-likeness (QED) is 0.608. The van der Waals surface area contributed by atoms with E-state index in [1.807, 2.05) is 32.0 Å². The number of nitrogens with zero attached hydrogens (tertiary/aromatic N) is 1. The van der Waals surface area contributed by atoms with E-state index in [0.29, 0.717) is 6.42 Å². The lowest BCUT2D eigenvalue weighted by molar-refractivity contribution is -0.384. The first-order chi connectivity index (χ1) is 11.9. The Hall–Kier alpha value is -2.60. The molecule has 0 saturated carbocycles. The Bertz CT molecular complexity index is 808. The molecule has 0 saturated heterocycles. The van der Waals surface area contributed by atoms with E-state index in [1.54, 1.807) is 7.11 Å². The van der Waals surface area contributed by atoms with Crippen LogP contribution < -0.4 is 10.1 Å². The number of nitrogens with one attached hydrogen (secondary N) is 1. The topological polar surface area (TPSA) is 81.5 Å². The molecule has 0 spiro atoms. The van der Waals surface area contributed by atoms with Gasteiger partial charge in [-0.05, 0) is 36.6 Å². The standard InChI is InChI=1S/C18H19ClN2O4/c1-4-16(12-5-8-17(25-3)11(2)9-12)20-18(22)14-10-13(21(23)24)6-7-15(14)19/h5-10,16H,4H2,1-3H3,(H,20,22). The monoisotopic (exact) mass is 362 g/mol. The second-order valence-electron chi connectivity index (χ2n) is 5.58. The molecule has 25 heavy (non-hydrogen) atoms. The van der Waals surface area contributed by atoms with Gasteiger partial charge in [-0.25, -0.2) is 0 Å². The fourth-order valence-electron chi connectivity index (χ4n) is 2.58. The number of carbonyl (C=O) groups is 1. The fraction of sp³-hybridized carbons (Fsp3) is 0.278. The lowest BCUT2D eigenvalue weighted by Gasteiger charge is -2.19. The molecule has 0 fully saturated rings. The Morgan fingerprint density at radius 1 is 1.32 bits per heavy atom. The van der Waals surface area contributed by atoms with Gasteiger partial charge in [0.15, 0.2) is 0 Å². The van der Waals surface area contributed by atoms with Crippen molar-refractivity contribution in [2.45, 2.75) is 26.3 Å². The summed E-state index contributed by atoms with van der Waals surface area (Å²) < 4.78 is 5.25. The summed E-state index contributed by atoms with van der Waals surface area (Å²) in [5.41, 5.74) is 1.79. The minimum absolute atomic E-state index is 0.0829. The van der Waals surface area contributed by atoms with Crippen molar-refractivity contribution < 1.29 is 14.5 Å². The maximum absolute atomic E-state index is 12.5. The van der Waals surface area contributed by atoms with Crippen LogP contribution in [-0.2, 0) is 0 Å². The normalized spacial score (nSPS) is 11.7. The van der Waals surface area contributed by atoms with Crippen LogP contribution in [0.5, 0.6) is 5.75 Å². The first kappa shape index (κ1) is 18.7. The van der Waals surface area contributed by atoms with E-state index in [0.717, 1.165) is 16.9 Å². The highest BCUT2D eigenvalue weighted by molar-refractivity contribution is 6.33. The van der Waals surface area contributed by atoms with Crippen LogP contribution in [0.1, 0.15) is 40.9 Å². The van der Waals surface area contributed by atoms with Gasteiger partial charge in [0, 0.05) is 12.1 Å². The van der Waals surface area contributed by atoms with Crippen molar-refractivity contribution >= 4 is 23.2 Å². The molecule has 1 unspecified atom stereocenters. The van der Waals surface area contributed by atoms with Crippen LogP contribution in [0.25, 0.3) is 0 Å². The molecule has 1 amide bonds. The first-order valence-electron chi connectivity index (χ1n) is 7.76. The number of methoxy groups -OCH3 is 1. The zero-order chi connectivity index (χ0) is 18.6. The number of nitro groups is 1. The van der Waals surface area contributed by atoms with Crippen LogP contribution in [0, 0.1) is 17.0 Å². The summed E-state index contributed by atoms with van der Waals surface area (Å²) in [5, 5.41) is 14.0. The predicted octanol–water partition coefficient (Wildman–Crippen LogP) is 4.45. The fourth-order valence-corrected chi connectivity index (χ4v) is 2.78. The minimum atomic E-state index is -0.558. The van der Waals surface area contributed by atoms with Crippen molar-refractivity contribution in [3.05, 3.63) is 68.2 Å². The number of benzene rings is 2. The molecule has 2 aromatic carbocycles. The molecule has 7 heteroatoms. The van der Waals surface area contributed by atoms with Crippen LogP contribution in [-0.4, -0.2) is 17.9 Å². The van der Waals surface area contributed by atoms with Gasteiger partial charge in [0.05, 0.1) is 28.7 Å². The van der Waals surface area contributed by atoms with Crippen molar-refractivity contribution in [1.82, 2.24) is 5.32 Å². The first-order valence-corrected chi connectivity index (χ1v) is 8.14. The third-order valence-corrected chi connectivity index (χ3v) is 4.27. The summed E-state index contributed by atoms with van der Waals surface area (Å²) in [5.74, 6) is 0.320. The van der Waals surface area contributed by atoms with E-state index in [9.17, 15) is 14.9 Å². The number of ether oxygens (including phenoxy) is 1. The van der Waals surface area contributed by atoms with Gasteiger partial charge in [0.1, 0.15) is 5.75 Å². The number of carbonyl (C=O) groups excluding carboxylic acids is 1. The molecule has 6 nitrogen and oxygen atoms in total. The van der Waals surface area contributed by atoms with E-state index in [-0.39, 0.29) is 22.3 Å². The Morgan fingerprint density at radius 3 is 2.60 bits per heavy atom. The van der Waals surface area contributed by atoms with E-state index < -0.39 is 10.8 Å². The Balaban J connectivity index is 2.27. The lowest BCUT2D eigenvalue weighted by Crippen LogP contribution is -2.28. The summed E-state index contributed by atoms with van der Waals surface area (Å²) >= 11 is 6.03. The number of aryl methyl sites for hydroxylation is 1. The van der Waals surface area contributed by atoms with Crippen LogP contribution in [0.15, 0.2) is 36.4 Å². The van der Waals surface area contributed by atoms with Crippen molar-refractivity contribution in [3.8, 4) is 5.75 Å². The van der Waals surface area contributed by atoms with Crippen molar-refractivity contribution in [1.29, 1.82) is 0 Å². The smallest absolute Gasteiger partial charge is 0.270 e. The number of non-ortho nitro benzene ring substituents is 1. The number of hydrogen-bond donors (Lipinski definition) is 1. The van der Waals surface area contributed by atoms with Gasteiger partial charge < -0.3 is 10.1 Å². The van der Waals surface area contributed by atoms with Crippen LogP contribution in [0.4, 0.5) is 5.69 Å².